The van der Waals surface area contributed by atoms with Crippen molar-refractivity contribution in [2.24, 2.45) is 0 Å². The van der Waals surface area contributed by atoms with Crippen LogP contribution in [-0.2, 0) is 10.0 Å². The van der Waals surface area contributed by atoms with E-state index in [1.54, 1.807) is 42.5 Å². The zero-order valence-electron chi connectivity index (χ0n) is 17.6. The number of fused-ring (bicyclic) bond motifs is 1. The number of anilines is 1. The summed E-state index contributed by atoms with van der Waals surface area (Å²) in [6.07, 6.45) is 1.69. The van der Waals surface area contributed by atoms with E-state index >= 15 is 0 Å². The Hall–Kier alpha value is -3.56. The van der Waals surface area contributed by atoms with Crippen LogP contribution in [0.2, 0.25) is 0 Å². The van der Waals surface area contributed by atoms with Gasteiger partial charge in [0.2, 0.25) is 10.0 Å². The molecular weight excluding hydrogens is 443 g/mol. The van der Waals surface area contributed by atoms with Crippen LogP contribution in [0.1, 0.15) is 23.2 Å². The van der Waals surface area contributed by atoms with Gasteiger partial charge in [-0.3, -0.25) is 4.79 Å². The van der Waals surface area contributed by atoms with Crippen LogP contribution in [0.4, 0.5) is 10.1 Å². The molecule has 1 saturated heterocycles. The predicted octanol–water partition coefficient (Wildman–Crippen LogP) is 4.41. The molecule has 0 radical (unpaired) electrons. The Bertz CT molecular complexity index is 1460. The van der Waals surface area contributed by atoms with Gasteiger partial charge in [-0.15, -0.1) is 0 Å². The summed E-state index contributed by atoms with van der Waals surface area (Å²) in [6, 6.07) is 17.4. The quantitative estimate of drug-likeness (QED) is 0.458. The normalized spacial score (nSPS) is 14.6. The lowest BCUT2D eigenvalue weighted by atomic mass is 10.2. The largest absolute Gasteiger partial charge is 0.338 e. The molecule has 4 aromatic rings. The second-order valence-corrected chi connectivity index (χ2v) is 9.86. The van der Waals surface area contributed by atoms with E-state index in [1.807, 2.05) is 0 Å². The van der Waals surface area contributed by atoms with E-state index < -0.39 is 15.9 Å². The molecule has 5 rings (SSSR count). The minimum absolute atomic E-state index is 0.112. The van der Waals surface area contributed by atoms with Crippen molar-refractivity contribution in [1.29, 1.82) is 0 Å². The first-order chi connectivity index (χ1) is 15.9. The van der Waals surface area contributed by atoms with Crippen LogP contribution in [0.5, 0.6) is 0 Å². The van der Waals surface area contributed by atoms with Gasteiger partial charge >= 0.3 is 0 Å². The van der Waals surface area contributed by atoms with Crippen LogP contribution in [0.15, 0.2) is 71.6 Å². The number of aromatic nitrogens is 2. The summed E-state index contributed by atoms with van der Waals surface area (Å²) in [6.45, 7) is 1.00. The highest BCUT2D eigenvalue weighted by molar-refractivity contribution is 7.89. The number of nitrogens with one attached hydrogen (secondary N) is 2. The van der Waals surface area contributed by atoms with E-state index in [4.69, 9.17) is 0 Å². The van der Waals surface area contributed by atoms with Crippen molar-refractivity contribution < 1.29 is 17.6 Å². The topological polar surface area (TPSA) is 95.2 Å². The number of nitrogens with zero attached hydrogens (tertiary/aromatic N) is 2. The van der Waals surface area contributed by atoms with Crippen LogP contribution in [0.3, 0.4) is 0 Å². The molecule has 1 aliphatic heterocycles. The molecule has 0 spiro atoms. The third-order valence-electron chi connectivity index (χ3n) is 5.64. The Morgan fingerprint density at radius 2 is 1.79 bits per heavy atom. The van der Waals surface area contributed by atoms with Crippen molar-refractivity contribution in [3.63, 3.8) is 0 Å². The molecule has 1 fully saturated rings. The molecule has 0 aliphatic carbocycles. The summed E-state index contributed by atoms with van der Waals surface area (Å²) in [7, 11) is -3.61. The summed E-state index contributed by atoms with van der Waals surface area (Å²) in [5.41, 5.74) is 2.74. The Kier molecular flexibility index (Phi) is 5.43. The first kappa shape index (κ1) is 21.3. The third-order valence-corrected chi connectivity index (χ3v) is 7.53. The maximum absolute atomic E-state index is 13.5. The molecule has 1 aromatic heterocycles. The second-order valence-electron chi connectivity index (χ2n) is 7.92. The highest BCUT2D eigenvalue weighted by atomic mass is 32.2. The summed E-state index contributed by atoms with van der Waals surface area (Å²) >= 11 is 0. The molecule has 33 heavy (non-hydrogen) atoms. The van der Waals surface area contributed by atoms with E-state index in [0.29, 0.717) is 41.2 Å². The Morgan fingerprint density at radius 1 is 1.00 bits per heavy atom. The lowest BCUT2D eigenvalue weighted by Crippen LogP contribution is -2.28. The molecular formula is C24H21FN4O3S. The number of aromatic amines is 1. The molecule has 7 nitrogen and oxygen atoms in total. The number of imidazole rings is 1. The van der Waals surface area contributed by atoms with Crippen molar-refractivity contribution in [3.05, 3.63) is 78.1 Å². The number of hydrogen-bond acceptors (Lipinski definition) is 4. The number of hydrogen-bond donors (Lipinski definition) is 2. The number of benzene rings is 3. The Labute approximate surface area is 190 Å². The average Bonchev–Trinajstić information content (AvgIpc) is 3.49. The minimum Gasteiger partial charge on any atom is -0.338 e. The molecule has 0 atom stereocenters. The van der Waals surface area contributed by atoms with Crippen molar-refractivity contribution in [2.75, 3.05) is 18.4 Å². The fraction of sp³-hybridized carbons (Fsp3) is 0.167. The van der Waals surface area contributed by atoms with E-state index in [-0.39, 0.29) is 16.3 Å². The lowest BCUT2D eigenvalue weighted by Gasteiger charge is -2.16. The molecule has 1 aliphatic rings. The average molecular weight is 465 g/mol. The van der Waals surface area contributed by atoms with Gasteiger partial charge in [-0.05, 0) is 61.4 Å². The SMILES string of the molecule is O=C(Nc1ccc2nc(-c3cccc(F)c3)[nH]c2c1)c1cccc(S(=O)(=O)N2CCCC2)c1. The Morgan fingerprint density at radius 3 is 2.58 bits per heavy atom. The molecule has 0 bridgehead atoms. The monoisotopic (exact) mass is 464 g/mol. The van der Waals surface area contributed by atoms with Gasteiger partial charge in [0.25, 0.3) is 5.91 Å². The number of amides is 1. The Balaban J connectivity index is 1.38. The van der Waals surface area contributed by atoms with E-state index in [2.05, 4.69) is 15.3 Å². The van der Waals surface area contributed by atoms with E-state index in [0.717, 1.165) is 12.8 Å². The summed E-state index contributed by atoms with van der Waals surface area (Å²) < 4.78 is 40.6. The lowest BCUT2D eigenvalue weighted by molar-refractivity contribution is 0.102. The maximum atomic E-state index is 13.5. The highest BCUT2D eigenvalue weighted by Crippen LogP contribution is 2.25. The van der Waals surface area contributed by atoms with Gasteiger partial charge in [-0.2, -0.15) is 4.31 Å². The maximum Gasteiger partial charge on any atom is 0.255 e. The number of H-pyrrole nitrogens is 1. The fourth-order valence-electron chi connectivity index (χ4n) is 3.94. The second kappa shape index (κ2) is 8.42. The summed E-state index contributed by atoms with van der Waals surface area (Å²) in [5, 5.41) is 2.80. The summed E-state index contributed by atoms with van der Waals surface area (Å²) in [5.74, 6) is -0.250. The zero-order valence-corrected chi connectivity index (χ0v) is 18.4. The van der Waals surface area contributed by atoms with Crippen LogP contribution in [-0.4, -0.2) is 41.7 Å². The van der Waals surface area contributed by atoms with Gasteiger partial charge in [0, 0.05) is 29.9 Å². The number of sulfonamides is 1. The first-order valence-corrected chi connectivity index (χ1v) is 12.0. The van der Waals surface area contributed by atoms with Crippen molar-refractivity contribution in [2.45, 2.75) is 17.7 Å². The number of halogens is 1. The van der Waals surface area contributed by atoms with Crippen LogP contribution in [0, 0.1) is 5.82 Å². The smallest absolute Gasteiger partial charge is 0.255 e. The summed E-state index contributed by atoms with van der Waals surface area (Å²) in [4.78, 5) is 20.6. The van der Waals surface area contributed by atoms with Gasteiger partial charge < -0.3 is 10.3 Å². The van der Waals surface area contributed by atoms with E-state index in [9.17, 15) is 17.6 Å². The highest BCUT2D eigenvalue weighted by Gasteiger charge is 2.27. The molecule has 9 heteroatoms. The van der Waals surface area contributed by atoms with Crippen molar-refractivity contribution in [1.82, 2.24) is 14.3 Å². The van der Waals surface area contributed by atoms with Crippen LogP contribution >= 0.6 is 0 Å². The molecule has 2 heterocycles. The van der Waals surface area contributed by atoms with Crippen molar-refractivity contribution in [3.8, 4) is 11.4 Å². The van der Waals surface area contributed by atoms with Crippen LogP contribution in [0.25, 0.3) is 22.4 Å². The molecule has 1 amide bonds. The van der Waals surface area contributed by atoms with E-state index in [1.165, 1.54) is 28.6 Å². The van der Waals surface area contributed by atoms with Gasteiger partial charge in [0.1, 0.15) is 11.6 Å². The fourth-order valence-corrected chi connectivity index (χ4v) is 5.50. The van der Waals surface area contributed by atoms with Gasteiger partial charge in [-0.1, -0.05) is 18.2 Å². The standard InChI is InChI=1S/C24H21FN4O3S/c25-18-7-3-5-16(13-18)23-27-21-10-9-19(15-22(21)28-23)26-24(30)17-6-4-8-20(14-17)33(31,32)29-11-1-2-12-29/h3-10,13-15H,1-2,11-12H2,(H,26,30)(H,27,28). The van der Waals surface area contributed by atoms with Gasteiger partial charge in [-0.25, -0.2) is 17.8 Å². The number of rotatable bonds is 5. The zero-order chi connectivity index (χ0) is 23.0. The molecule has 2 N–H and O–H groups in total. The molecule has 0 saturated carbocycles. The molecule has 0 unspecified atom stereocenters. The molecule has 168 valence electrons. The predicted molar refractivity (Wildman–Crippen MR) is 124 cm³/mol. The third kappa shape index (κ3) is 4.24. The van der Waals surface area contributed by atoms with Gasteiger partial charge in [0.15, 0.2) is 0 Å². The van der Waals surface area contributed by atoms with Crippen molar-refractivity contribution >= 4 is 32.7 Å². The number of carbonyl (C=O) groups excluding carboxylic acids is 1. The first-order valence-electron chi connectivity index (χ1n) is 10.6. The van der Waals surface area contributed by atoms with Crippen LogP contribution < -0.4 is 5.32 Å². The van der Waals surface area contributed by atoms with Gasteiger partial charge in [0.05, 0.1) is 15.9 Å². The molecule has 3 aromatic carbocycles. The minimum atomic E-state index is -3.61. The number of carbonyl (C=O) groups is 1.